The van der Waals surface area contributed by atoms with Crippen LogP contribution in [0.1, 0.15) is 47.5 Å². The fourth-order valence-corrected chi connectivity index (χ4v) is 4.50. The number of imidazole rings is 1. The molecule has 34 heavy (non-hydrogen) atoms. The average Bonchev–Trinajstić information content (AvgIpc) is 3.68. The molecule has 1 aromatic carbocycles. The standard InChI is InChI=1S/C23H24N10S/c1-2-3-6-21-24-14-19(12-18(23-27-31-32-28-23)13-20-5-4-11-34-20)33(21)15-16-7-9-17(10-8-16)22-25-29-30-26-22/h4-5,7-12,14H,2-3,6,13,15H2,1H3,(H,25,26,29,30)(H,27,28,31,32). The van der Waals surface area contributed by atoms with Crippen molar-refractivity contribution in [2.75, 3.05) is 0 Å². The minimum atomic E-state index is 0.653. The molecule has 0 saturated carbocycles. The molecule has 4 heterocycles. The monoisotopic (exact) mass is 472 g/mol. The number of thiophene rings is 1. The van der Waals surface area contributed by atoms with Crippen LogP contribution in [0.15, 0.2) is 48.0 Å². The van der Waals surface area contributed by atoms with Crippen LogP contribution in [0, 0.1) is 0 Å². The number of benzene rings is 1. The van der Waals surface area contributed by atoms with Gasteiger partial charge in [0.1, 0.15) is 5.82 Å². The summed E-state index contributed by atoms with van der Waals surface area (Å²) in [4.78, 5) is 6.01. The van der Waals surface area contributed by atoms with Crippen molar-refractivity contribution in [2.24, 2.45) is 0 Å². The van der Waals surface area contributed by atoms with Gasteiger partial charge < -0.3 is 4.57 Å². The fourth-order valence-electron chi connectivity index (χ4n) is 3.77. The quantitative estimate of drug-likeness (QED) is 0.316. The number of unbranched alkanes of at least 4 members (excludes halogenated alkanes) is 1. The molecule has 5 rings (SSSR count). The lowest BCUT2D eigenvalue weighted by Crippen LogP contribution is -2.08. The molecule has 0 radical (unpaired) electrons. The minimum Gasteiger partial charge on any atom is -0.324 e. The third kappa shape index (κ3) is 4.99. The van der Waals surface area contributed by atoms with Crippen LogP contribution in [0.5, 0.6) is 0 Å². The maximum Gasteiger partial charge on any atom is 0.179 e. The number of nitrogens with one attached hydrogen (secondary N) is 2. The summed E-state index contributed by atoms with van der Waals surface area (Å²) < 4.78 is 2.28. The lowest BCUT2D eigenvalue weighted by Gasteiger charge is -2.12. The molecule has 0 saturated heterocycles. The topological polar surface area (TPSA) is 127 Å². The first-order chi connectivity index (χ1) is 16.8. The van der Waals surface area contributed by atoms with E-state index in [0.717, 1.165) is 48.3 Å². The van der Waals surface area contributed by atoms with E-state index in [4.69, 9.17) is 4.98 Å². The maximum absolute atomic E-state index is 4.77. The van der Waals surface area contributed by atoms with Gasteiger partial charge in [0.15, 0.2) is 11.6 Å². The summed E-state index contributed by atoms with van der Waals surface area (Å²) in [7, 11) is 0. The summed E-state index contributed by atoms with van der Waals surface area (Å²) in [6.07, 6.45) is 7.95. The summed E-state index contributed by atoms with van der Waals surface area (Å²) >= 11 is 1.72. The smallest absolute Gasteiger partial charge is 0.179 e. The van der Waals surface area contributed by atoms with Gasteiger partial charge in [-0.05, 0) is 50.4 Å². The summed E-state index contributed by atoms with van der Waals surface area (Å²) in [5.74, 6) is 2.39. The van der Waals surface area contributed by atoms with E-state index in [1.54, 1.807) is 11.3 Å². The predicted molar refractivity (Wildman–Crippen MR) is 130 cm³/mol. The minimum absolute atomic E-state index is 0.653. The molecule has 0 aliphatic carbocycles. The molecule has 10 nitrogen and oxygen atoms in total. The van der Waals surface area contributed by atoms with Gasteiger partial charge in [0.05, 0.1) is 11.9 Å². The Kier molecular flexibility index (Phi) is 6.61. The zero-order valence-electron chi connectivity index (χ0n) is 18.7. The van der Waals surface area contributed by atoms with Gasteiger partial charge in [0.2, 0.25) is 0 Å². The van der Waals surface area contributed by atoms with Gasteiger partial charge in [0.25, 0.3) is 0 Å². The van der Waals surface area contributed by atoms with Crippen molar-refractivity contribution in [2.45, 2.75) is 39.2 Å². The van der Waals surface area contributed by atoms with E-state index in [0.29, 0.717) is 18.2 Å². The first kappa shape index (κ1) is 21.8. The van der Waals surface area contributed by atoms with Crippen LogP contribution in [-0.2, 0) is 19.4 Å². The highest BCUT2D eigenvalue weighted by molar-refractivity contribution is 7.10. The van der Waals surface area contributed by atoms with Crippen LogP contribution in [0.3, 0.4) is 0 Å². The van der Waals surface area contributed by atoms with Gasteiger partial charge in [-0.3, -0.25) is 0 Å². The Hall–Kier alpha value is -3.99. The predicted octanol–water partition coefficient (Wildman–Crippen LogP) is 3.81. The second-order valence-electron chi connectivity index (χ2n) is 7.91. The van der Waals surface area contributed by atoms with E-state index >= 15 is 0 Å². The first-order valence-electron chi connectivity index (χ1n) is 11.1. The Balaban J connectivity index is 1.48. The second kappa shape index (κ2) is 10.3. The fraction of sp³-hybridized carbons (Fsp3) is 0.261. The van der Waals surface area contributed by atoms with Crippen molar-refractivity contribution in [1.29, 1.82) is 0 Å². The van der Waals surface area contributed by atoms with Crippen LogP contribution < -0.4 is 0 Å². The third-order valence-corrected chi connectivity index (χ3v) is 6.43. The molecular formula is C23H24N10S. The van der Waals surface area contributed by atoms with Gasteiger partial charge in [-0.2, -0.15) is 0 Å². The normalized spacial score (nSPS) is 11.9. The van der Waals surface area contributed by atoms with Crippen LogP contribution >= 0.6 is 11.3 Å². The molecule has 0 aliphatic rings. The number of tetrazole rings is 2. The number of allylic oxidation sites excluding steroid dienone is 1. The molecule has 5 aromatic rings. The molecule has 2 N–H and O–H groups in total. The number of hydrogen-bond acceptors (Lipinski definition) is 8. The van der Waals surface area contributed by atoms with Crippen LogP contribution in [0.4, 0.5) is 0 Å². The Labute approximate surface area is 200 Å². The average molecular weight is 473 g/mol. The van der Waals surface area contributed by atoms with Crippen molar-refractivity contribution >= 4 is 23.0 Å². The number of aromatic amines is 2. The van der Waals surface area contributed by atoms with Crippen LogP contribution in [0.2, 0.25) is 0 Å². The zero-order valence-corrected chi connectivity index (χ0v) is 19.5. The van der Waals surface area contributed by atoms with Gasteiger partial charge in [0, 0.05) is 35.4 Å². The first-order valence-corrected chi connectivity index (χ1v) is 12.0. The number of H-pyrrole nitrogens is 2. The van der Waals surface area contributed by atoms with Gasteiger partial charge in [-0.15, -0.1) is 21.5 Å². The Morgan fingerprint density at radius 1 is 1.06 bits per heavy atom. The number of rotatable bonds is 10. The highest BCUT2D eigenvalue weighted by Gasteiger charge is 2.14. The van der Waals surface area contributed by atoms with Crippen molar-refractivity contribution in [3.05, 3.63) is 75.8 Å². The summed E-state index contributed by atoms with van der Waals surface area (Å²) in [6.45, 7) is 2.90. The van der Waals surface area contributed by atoms with Gasteiger partial charge >= 0.3 is 0 Å². The molecule has 4 aromatic heterocycles. The van der Waals surface area contributed by atoms with E-state index in [9.17, 15) is 0 Å². The Bertz CT molecular complexity index is 1320. The third-order valence-electron chi connectivity index (χ3n) is 5.55. The maximum atomic E-state index is 4.77. The van der Waals surface area contributed by atoms with E-state index in [2.05, 4.69) is 88.5 Å². The van der Waals surface area contributed by atoms with E-state index in [1.807, 2.05) is 18.3 Å². The van der Waals surface area contributed by atoms with E-state index in [-0.39, 0.29) is 0 Å². The largest absolute Gasteiger partial charge is 0.324 e. The molecule has 0 spiro atoms. The number of nitrogens with zero attached hydrogens (tertiary/aromatic N) is 8. The molecule has 0 aliphatic heterocycles. The second-order valence-corrected chi connectivity index (χ2v) is 8.94. The van der Waals surface area contributed by atoms with Crippen LogP contribution in [0.25, 0.3) is 23.0 Å². The van der Waals surface area contributed by atoms with E-state index < -0.39 is 0 Å². The summed E-state index contributed by atoms with van der Waals surface area (Å²) in [5.41, 5.74) is 4.16. The SMILES string of the molecule is CCCCc1ncc(C=C(Cc2cccs2)c2nnn[nH]2)n1Cc1ccc(-c2nnn[nH]2)cc1. The van der Waals surface area contributed by atoms with Crippen molar-refractivity contribution in [1.82, 2.24) is 50.8 Å². The molecular weight excluding hydrogens is 448 g/mol. The molecule has 11 heteroatoms. The molecule has 0 fully saturated rings. The molecule has 0 amide bonds. The highest BCUT2D eigenvalue weighted by Crippen LogP contribution is 2.24. The highest BCUT2D eigenvalue weighted by atomic mass is 32.1. The van der Waals surface area contributed by atoms with Crippen molar-refractivity contribution in [3.8, 4) is 11.4 Å². The Morgan fingerprint density at radius 3 is 2.62 bits per heavy atom. The van der Waals surface area contributed by atoms with Crippen molar-refractivity contribution in [3.63, 3.8) is 0 Å². The summed E-state index contributed by atoms with van der Waals surface area (Å²) in [5, 5.41) is 30.8. The van der Waals surface area contributed by atoms with Gasteiger partial charge in [-0.1, -0.05) is 43.7 Å². The Morgan fingerprint density at radius 2 is 1.91 bits per heavy atom. The molecule has 0 bridgehead atoms. The summed E-state index contributed by atoms with van der Waals surface area (Å²) in [6, 6.07) is 12.4. The number of hydrogen-bond donors (Lipinski definition) is 2. The molecule has 0 atom stereocenters. The lowest BCUT2D eigenvalue weighted by molar-refractivity contribution is 0.675. The van der Waals surface area contributed by atoms with E-state index in [1.165, 1.54) is 10.4 Å². The van der Waals surface area contributed by atoms with Gasteiger partial charge in [-0.25, -0.2) is 15.2 Å². The number of aryl methyl sites for hydroxylation is 1. The lowest BCUT2D eigenvalue weighted by atomic mass is 10.1. The number of aromatic nitrogens is 10. The zero-order chi connectivity index (χ0) is 23.2. The van der Waals surface area contributed by atoms with Crippen LogP contribution in [-0.4, -0.2) is 50.8 Å². The molecule has 172 valence electrons. The van der Waals surface area contributed by atoms with Crippen molar-refractivity contribution < 1.29 is 0 Å². The molecule has 0 unspecified atom stereocenters.